The number of nitrogens with two attached hydrogens (primary N) is 1. The highest BCUT2D eigenvalue weighted by Gasteiger charge is 2.18. The van der Waals surface area contributed by atoms with E-state index < -0.39 is 0 Å². The van der Waals surface area contributed by atoms with Gasteiger partial charge in [-0.2, -0.15) is 0 Å². The number of aromatic amines is 1. The van der Waals surface area contributed by atoms with E-state index in [-0.39, 0.29) is 0 Å². The van der Waals surface area contributed by atoms with Crippen molar-refractivity contribution >= 4 is 6.08 Å². The Hall–Kier alpha value is -1.02. The highest BCUT2D eigenvalue weighted by molar-refractivity contribution is 5.58. The van der Waals surface area contributed by atoms with Crippen LogP contribution in [0.4, 0.5) is 0 Å². The Labute approximate surface area is 85.2 Å². The molecule has 0 saturated carbocycles. The Morgan fingerprint density at radius 1 is 1.57 bits per heavy atom. The number of rotatable bonds is 2. The average Bonchev–Trinajstić information content (AvgIpc) is 2.51. The van der Waals surface area contributed by atoms with Gasteiger partial charge in [0.1, 0.15) is 0 Å². The summed E-state index contributed by atoms with van der Waals surface area (Å²) < 4.78 is 0. The maximum atomic E-state index is 5.59. The Bertz CT molecular complexity index is 360. The largest absolute Gasteiger partial charge is 0.361 e. The van der Waals surface area contributed by atoms with Crippen molar-refractivity contribution in [3.05, 3.63) is 28.6 Å². The van der Waals surface area contributed by atoms with Gasteiger partial charge in [-0.15, -0.1) is 0 Å². The molecule has 14 heavy (non-hydrogen) atoms. The third-order valence-electron chi connectivity index (χ3n) is 3.19. The molecule has 1 atom stereocenters. The molecule has 3 N–H and O–H groups in total. The van der Waals surface area contributed by atoms with Crippen LogP contribution in [0.15, 0.2) is 11.8 Å². The zero-order valence-electron chi connectivity index (χ0n) is 8.93. The molecule has 2 rings (SSSR count). The molecule has 1 aromatic heterocycles. The quantitative estimate of drug-likeness (QED) is 0.737. The molecule has 0 aliphatic heterocycles. The molecule has 1 unspecified atom stereocenters. The number of fused-ring (bicyclic) bond motifs is 1. The summed E-state index contributed by atoms with van der Waals surface area (Å²) in [5, 5.41) is 0. The van der Waals surface area contributed by atoms with Crippen molar-refractivity contribution in [2.75, 3.05) is 6.54 Å². The Morgan fingerprint density at radius 3 is 3.07 bits per heavy atom. The number of hydrogen-bond acceptors (Lipinski definition) is 1. The van der Waals surface area contributed by atoms with Crippen molar-refractivity contribution in [1.82, 2.24) is 4.98 Å². The van der Waals surface area contributed by atoms with Crippen molar-refractivity contribution < 1.29 is 0 Å². The fourth-order valence-corrected chi connectivity index (χ4v) is 2.10. The van der Waals surface area contributed by atoms with E-state index >= 15 is 0 Å². The topological polar surface area (TPSA) is 41.8 Å². The molecule has 0 spiro atoms. The van der Waals surface area contributed by atoms with Gasteiger partial charge in [0.15, 0.2) is 0 Å². The van der Waals surface area contributed by atoms with Crippen molar-refractivity contribution in [1.29, 1.82) is 0 Å². The second kappa shape index (κ2) is 3.62. The minimum atomic E-state index is 0.676. The minimum Gasteiger partial charge on any atom is -0.361 e. The van der Waals surface area contributed by atoms with Crippen LogP contribution in [-0.4, -0.2) is 11.5 Å². The first kappa shape index (κ1) is 9.53. The maximum Gasteiger partial charge on any atom is 0.0415 e. The van der Waals surface area contributed by atoms with E-state index in [0.717, 1.165) is 19.4 Å². The summed E-state index contributed by atoms with van der Waals surface area (Å²) in [5.41, 5.74) is 11.2. The third kappa shape index (κ3) is 1.50. The van der Waals surface area contributed by atoms with Crippen LogP contribution in [0.25, 0.3) is 6.08 Å². The summed E-state index contributed by atoms with van der Waals surface area (Å²) in [6, 6.07) is 0. The minimum absolute atomic E-state index is 0.676. The fraction of sp³-hybridized carbons (Fsp3) is 0.500. The zero-order valence-corrected chi connectivity index (χ0v) is 8.93. The number of aromatic nitrogens is 1. The summed E-state index contributed by atoms with van der Waals surface area (Å²) in [6.07, 6.45) is 6.53. The lowest BCUT2D eigenvalue weighted by molar-refractivity contribution is 0.667. The van der Waals surface area contributed by atoms with Crippen LogP contribution in [0, 0.1) is 5.92 Å². The van der Waals surface area contributed by atoms with E-state index in [0.29, 0.717) is 5.92 Å². The third-order valence-corrected chi connectivity index (χ3v) is 3.19. The van der Waals surface area contributed by atoms with Gasteiger partial charge in [0, 0.05) is 11.9 Å². The lowest BCUT2D eigenvalue weighted by atomic mass is 9.87. The zero-order chi connectivity index (χ0) is 10.1. The molecule has 0 bridgehead atoms. The summed E-state index contributed by atoms with van der Waals surface area (Å²) in [6.45, 7) is 5.23. The summed E-state index contributed by atoms with van der Waals surface area (Å²) >= 11 is 0. The Balaban J connectivity index is 2.36. The van der Waals surface area contributed by atoms with Crippen LogP contribution in [0.3, 0.4) is 0 Å². The van der Waals surface area contributed by atoms with E-state index in [1.165, 1.54) is 22.4 Å². The van der Waals surface area contributed by atoms with E-state index in [1.807, 2.05) is 0 Å². The van der Waals surface area contributed by atoms with Gasteiger partial charge in [-0.1, -0.05) is 12.5 Å². The number of nitrogens with one attached hydrogen (secondary N) is 1. The molecular formula is C12H18N2. The molecule has 1 aliphatic rings. The Kier molecular flexibility index (Phi) is 2.46. The van der Waals surface area contributed by atoms with Crippen LogP contribution >= 0.6 is 0 Å². The summed E-state index contributed by atoms with van der Waals surface area (Å²) in [5.74, 6) is 0.676. The predicted molar refractivity (Wildman–Crippen MR) is 60.1 cm³/mol. The molecule has 76 valence electrons. The summed E-state index contributed by atoms with van der Waals surface area (Å²) in [4.78, 5) is 3.33. The number of H-pyrrole nitrogens is 1. The van der Waals surface area contributed by atoms with Gasteiger partial charge in [-0.25, -0.2) is 0 Å². The normalized spacial score (nSPS) is 20.5. The molecule has 2 heteroatoms. The van der Waals surface area contributed by atoms with Crippen LogP contribution in [0.2, 0.25) is 0 Å². The first-order valence-corrected chi connectivity index (χ1v) is 5.29. The molecule has 1 aliphatic carbocycles. The van der Waals surface area contributed by atoms with Crippen molar-refractivity contribution in [3.8, 4) is 0 Å². The molecule has 0 amide bonds. The van der Waals surface area contributed by atoms with Gasteiger partial charge in [-0.05, 0) is 49.4 Å². The van der Waals surface area contributed by atoms with Crippen LogP contribution < -0.4 is 5.73 Å². The van der Waals surface area contributed by atoms with E-state index in [4.69, 9.17) is 5.73 Å². The number of allylic oxidation sites excluding steroid dienone is 1. The van der Waals surface area contributed by atoms with Crippen LogP contribution in [-0.2, 0) is 12.8 Å². The van der Waals surface area contributed by atoms with Crippen LogP contribution in [0.5, 0.6) is 0 Å². The second-order valence-electron chi connectivity index (χ2n) is 4.24. The summed E-state index contributed by atoms with van der Waals surface area (Å²) in [7, 11) is 0. The molecular weight excluding hydrogens is 172 g/mol. The monoisotopic (exact) mass is 190 g/mol. The lowest BCUT2D eigenvalue weighted by Gasteiger charge is -2.18. The van der Waals surface area contributed by atoms with E-state index in [9.17, 15) is 0 Å². The van der Waals surface area contributed by atoms with Crippen molar-refractivity contribution in [2.24, 2.45) is 11.7 Å². The average molecular weight is 190 g/mol. The molecule has 0 fully saturated rings. The van der Waals surface area contributed by atoms with Gasteiger partial charge < -0.3 is 10.7 Å². The van der Waals surface area contributed by atoms with Crippen molar-refractivity contribution in [2.45, 2.75) is 26.7 Å². The van der Waals surface area contributed by atoms with Gasteiger partial charge >= 0.3 is 0 Å². The van der Waals surface area contributed by atoms with Gasteiger partial charge in [0.05, 0.1) is 0 Å². The molecule has 1 aromatic rings. The molecule has 1 heterocycles. The van der Waals surface area contributed by atoms with Gasteiger partial charge in [0.2, 0.25) is 0 Å². The van der Waals surface area contributed by atoms with Gasteiger partial charge in [-0.3, -0.25) is 0 Å². The maximum absolute atomic E-state index is 5.59. The fourth-order valence-electron chi connectivity index (χ4n) is 2.10. The van der Waals surface area contributed by atoms with Gasteiger partial charge in [0.25, 0.3) is 0 Å². The SMILES string of the molecule is CC1=Cc2[nH]cc(CCN)c2CC1C. The second-order valence-corrected chi connectivity index (χ2v) is 4.24. The molecule has 0 aromatic carbocycles. The van der Waals surface area contributed by atoms with E-state index in [1.54, 1.807) is 0 Å². The van der Waals surface area contributed by atoms with Crippen LogP contribution in [0.1, 0.15) is 30.7 Å². The molecule has 0 radical (unpaired) electrons. The predicted octanol–water partition coefficient (Wildman–Crippen LogP) is 2.11. The Morgan fingerprint density at radius 2 is 2.36 bits per heavy atom. The standard InChI is InChI=1S/C12H18N2/c1-8-5-11-10(3-4-13)7-14-12(11)6-9(8)2/h6-8,14H,3-5,13H2,1-2H3. The first-order valence-electron chi connectivity index (χ1n) is 5.29. The first-order chi connectivity index (χ1) is 6.72. The van der Waals surface area contributed by atoms with Crippen molar-refractivity contribution in [3.63, 3.8) is 0 Å². The highest BCUT2D eigenvalue weighted by Crippen LogP contribution is 2.29. The smallest absolute Gasteiger partial charge is 0.0415 e. The van der Waals surface area contributed by atoms with E-state index in [2.05, 4.69) is 31.1 Å². The molecule has 2 nitrogen and oxygen atoms in total. The number of hydrogen-bond donors (Lipinski definition) is 2. The lowest BCUT2D eigenvalue weighted by Crippen LogP contribution is -2.10. The highest BCUT2D eigenvalue weighted by atomic mass is 14.7. The molecule has 0 saturated heterocycles.